The maximum atomic E-state index is 3.70. The summed E-state index contributed by atoms with van der Waals surface area (Å²) in [5.74, 6) is 0. The van der Waals surface area contributed by atoms with Gasteiger partial charge in [-0.2, -0.15) is 0 Å². The van der Waals surface area contributed by atoms with Crippen LogP contribution in [0.15, 0.2) is 35.7 Å². The molecule has 1 nitrogen and oxygen atoms in total. The summed E-state index contributed by atoms with van der Waals surface area (Å²) in [6, 6.07) is 12.0. The third kappa shape index (κ3) is 3.13. The van der Waals surface area contributed by atoms with Crippen LogP contribution in [0.4, 0.5) is 0 Å². The minimum atomic E-state index is 0.467. The van der Waals surface area contributed by atoms with Crippen LogP contribution in [0.3, 0.4) is 0 Å². The van der Waals surface area contributed by atoms with Gasteiger partial charge in [0, 0.05) is 10.9 Å². The van der Waals surface area contributed by atoms with Crippen LogP contribution in [0.5, 0.6) is 0 Å². The van der Waals surface area contributed by atoms with Gasteiger partial charge in [-0.3, -0.25) is 0 Å². The van der Waals surface area contributed by atoms with Crippen molar-refractivity contribution in [2.24, 2.45) is 0 Å². The third-order valence-electron chi connectivity index (χ3n) is 4.13. The van der Waals surface area contributed by atoms with Crippen molar-refractivity contribution in [1.29, 1.82) is 0 Å². The molecule has 0 amide bonds. The number of aryl methyl sites for hydroxylation is 2. The lowest BCUT2D eigenvalue weighted by molar-refractivity contribution is 0.536. The quantitative estimate of drug-likeness (QED) is 0.823. The molecule has 106 valence electrons. The molecule has 0 saturated carbocycles. The lowest BCUT2D eigenvalue weighted by Gasteiger charge is -2.18. The fourth-order valence-electron chi connectivity index (χ4n) is 3.07. The number of benzene rings is 1. The molecule has 1 N–H and O–H groups in total. The molecule has 1 atom stereocenters. The number of nitrogens with one attached hydrogen (secondary N) is 1. The highest BCUT2D eigenvalue weighted by molar-refractivity contribution is 7.10. The lowest BCUT2D eigenvalue weighted by Crippen LogP contribution is -2.23. The molecule has 2 aromatic rings. The van der Waals surface area contributed by atoms with Crippen LogP contribution in [0, 0.1) is 0 Å². The Morgan fingerprint density at radius 1 is 1.20 bits per heavy atom. The van der Waals surface area contributed by atoms with E-state index in [-0.39, 0.29) is 0 Å². The highest BCUT2D eigenvalue weighted by Crippen LogP contribution is 2.27. The smallest absolute Gasteiger partial charge is 0.0455 e. The molecule has 0 aliphatic heterocycles. The maximum Gasteiger partial charge on any atom is 0.0455 e. The van der Waals surface area contributed by atoms with Gasteiger partial charge in [0.2, 0.25) is 0 Å². The predicted octanol–water partition coefficient (Wildman–Crippen LogP) is 4.52. The van der Waals surface area contributed by atoms with Crippen molar-refractivity contribution in [2.75, 3.05) is 6.54 Å². The Morgan fingerprint density at radius 3 is 2.90 bits per heavy atom. The van der Waals surface area contributed by atoms with Gasteiger partial charge in [-0.05, 0) is 66.8 Å². The van der Waals surface area contributed by atoms with E-state index >= 15 is 0 Å². The van der Waals surface area contributed by atoms with Crippen molar-refractivity contribution in [3.63, 3.8) is 0 Å². The highest BCUT2D eigenvalue weighted by Gasteiger charge is 2.15. The number of thiophene rings is 1. The third-order valence-corrected chi connectivity index (χ3v) is 5.12. The molecular weight excluding hydrogens is 262 g/mol. The van der Waals surface area contributed by atoms with Crippen LogP contribution < -0.4 is 5.32 Å². The van der Waals surface area contributed by atoms with Crippen molar-refractivity contribution < 1.29 is 0 Å². The van der Waals surface area contributed by atoms with Crippen LogP contribution in [-0.4, -0.2) is 6.54 Å². The first-order valence-electron chi connectivity index (χ1n) is 7.74. The van der Waals surface area contributed by atoms with Gasteiger partial charge in [-0.1, -0.05) is 31.2 Å². The predicted molar refractivity (Wildman–Crippen MR) is 87.5 cm³/mol. The first-order chi connectivity index (χ1) is 9.86. The Morgan fingerprint density at radius 2 is 2.10 bits per heavy atom. The van der Waals surface area contributed by atoms with Crippen molar-refractivity contribution >= 4 is 11.3 Å². The molecule has 0 fully saturated rings. The second-order valence-electron chi connectivity index (χ2n) is 5.68. The molecule has 1 aromatic heterocycles. The summed E-state index contributed by atoms with van der Waals surface area (Å²) in [4.78, 5) is 1.46. The SMILES string of the molecule is CCCNC(Cc1ccc2c(c1)CCC2)c1cccs1. The molecule has 0 radical (unpaired) electrons. The molecule has 3 rings (SSSR count). The van der Waals surface area contributed by atoms with Gasteiger partial charge in [0.25, 0.3) is 0 Å². The van der Waals surface area contributed by atoms with E-state index in [1.54, 1.807) is 11.1 Å². The number of rotatable bonds is 6. The average molecular weight is 285 g/mol. The molecule has 1 aliphatic rings. The Balaban J connectivity index is 1.75. The van der Waals surface area contributed by atoms with Crippen LogP contribution >= 0.6 is 11.3 Å². The van der Waals surface area contributed by atoms with Gasteiger partial charge >= 0.3 is 0 Å². The first kappa shape index (κ1) is 13.8. The highest BCUT2D eigenvalue weighted by atomic mass is 32.1. The summed E-state index contributed by atoms with van der Waals surface area (Å²) in [5.41, 5.74) is 4.64. The Bertz CT molecular complexity index is 545. The van der Waals surface area contributed by atoms with Gasteiger partial charge in [-0.25, -0.2) is 0 Å². The number of hydrogen-bond acceptors (Lipinski definition) is 2. The van der Waals surface area contributed by atoms with E-state index in [1.807, 2.05) is 11.3 Å². The topological polar surface area (TPSA) is 12.0 Å². The Kier molecular flexibility index (Phi) is 4.54. The summed E-state index contributed by atoms with van der Waals surface area (Å²) in [6.45, 7) is 3.32. The molecule has 0 bridgehead atoms. The van der Waals surface area contributed by atoms with Crippen LogP contribution in [0.1, 0.15) is 47.4 Å². The maximum absolute atomic E-state index is 3.70. The van der Waals surface area contributed by atoms with Crippen molar-refractivity contribution in [2.45, 2.75) is 45.1 Å². The van der Waals surface area contributed by atoms with Gasteiger partial charge in [0.15, 0.2) is 0 Å². The summed E-state index contributed by atoms with van der Waals surface area (Å²) in [5, 5.41) is 5.88. The van der Waals surface area contributed by atoms with Crippen LogP contribution in [0.25, 0.3) is 0 Å². The molecule has 1 aromatic carbocycles. The molecule has 2 heteroatoms. The minimum absolute atomic E-state index is 0.467. The van der Waals surface area contributed by atoms with Crippen molar-refractivity contribution in [1.82, 2.24) is 5.32 Å². The molecule has 0 spiro atoms. The van der Waals surface area contributed by atoms with E-state index in [0.29, 0.717) is 6.04 Å². The van der Waals surface area contributed by atoms with Gasteiger partial charge in [0.1, 0.15) is 0 Å². The monoisotopic (exact) mass is 285 g/mol. The van der Waals surface area contributed by atoms with Gasteiger partial charge < -0.3 is 5.32 Å². The van der Waals surface area contributed by atoms with Crippen LogP contribution in [0.2, 0.25) is 0 Å². The van der Waals surface area contributed by atoms with E-state index in [2.05, 4.69) is 48.0 Å². The van der Waals surface area contributed by atoms with E-state index in [4.69, 9.17) is 0 Å². The van der Waals surface area contributed by atoms with E-state index < -0.39 is 0 Å². The Hall–Kier alpha value is -1.12. The molecule has 1 heterocycles. The molecule has 20 heavy (non-hydrogen) atoms. The zero-order valence-corrected chi connectivity index (χ0v) is 13.0. The first-order valence-corrected chi connectivity index (χ1v) is 8.62. The van der Waals surface area contributed by atoms with Crippen molar-refractivity contribution in [3.8, 4) is 0 Å². The fourth-order valence-corrected chi connectivity index (χ4v) is 3.87. The lowest BCUT2D eigenvalue weighted by atomic mass is 10.00. The molecular formula is C18H23NS. The van der Waals surface area contributed by atoms with E-state index in [0.717, 1.165) is 13.0 Å². The largest absolute Gasteiger partial charge is 0.309 e. The molecule has 1 unspecified atom stereocenters. The zero-order chi connectivity index (χ0) is 13.8. The normalized spacial score (nSPS) is 15.2. The van der Waals surface area contributed by atoms with Gasteiger partial charge in [0.05, 0.1) is 0 Å². The summed E-state index contributed by atoms with van der Waals surface area (Å²) >= 11 is 1.86. The van der Waals surface area contributed by atoms with Crippen molar-refractivity contribution in [3.05, 3.63) is 57.3 Å². The second kappa shape index (κ2) is 6.55. The minimum Gasteiger partial charge on any atom is -0.309 e. The fraction of sp³-hybridized carbons (Fsp3) is 0.444. The molecule has 0 saturated heterocycles. The Labute approximate surface area is 126 Å². The molecule has 1 aliphatic carbocycles. The van der Waals surface area contributed by atoms with E-state index in [1.165, 1.54) is 36.1 Å². The van der Waals surface area contributed by atoms with E-state index in [9.17, 15) is 0 Å². The second-order valence-corrected chi connectivity index (χ2v) is 6.66. The standard InChI is InChI=1S/C18H23NS/c1-2-10-19-17(18-7-4-11-20-18)13-14-8-9-15-5-3-6-16(15)12-14/h4,7-9,11-12,17,19H,2-3,5-6,10,13H2,1H3. The summed E-state index contributed by atoms with van der Waals surface area (Å²) in [7, 11) is 0. The average Bonchev–Trinajstić information content (AvgIpc) is 3.13. The van der Waals surface area contributed by atoms with Gasteiger partial charge in [-0.15, -0.1) is 11.3 Å². The summed E-state index contributed by atoms with van der Waals surface area (Å²) < 4.78 is 0. The summed E-state index contributed by atoms with van der Waals surface area (Å²) in [6.07, 6.45) is 6.17. The number of hydrogen-bond donors (Lipinski definition) is 1. The van der Waals surface area contributed by atoms with Crippen LogP contribution in [-0.2, 0) is 19.3 Å². The number of fused-ring (bicyclic) bond motifs is 1. The zero-order valence-electron chi connectivity index (χ0n) is 12.2.